The molecular weight excluding hydrogens is 460 g/mol. The molecule has 0 saturated carbocycles. The molecule has 2 aromatic carbocycles. The van der Waals surface area contributed by atoms with Gasteiger partial charge in [-0.2, -0.15) is 0 Å². The summed E-state index contributed by atoms with van der Waals surface area (Å²) in [5.41, 5.74) is 2.22. The molecule has 2 unspecified atom stereocenters. The Morgan fingerprint density at radius 1 is 1.18 bits per heavy atom. The summed E-state index contributed by atoms with van der Waals surface area (Å²) in [6, 6.07) is 14.1. The zero-order valence-electron chi connectivity index (χ0n) is 18.5. The molecule has 0 radical (unpaired) electrons. The normalized spacial score (nSPS) is 16.1. The van der Waals surface area contributed by atoms with Crippen molar-refractivity contribution in [1.82, 2.24) is 4.90 Å². The summed E-state index contributed by atoms with van der Waals surface area (Å²) < 4.78 is 11.0. The van der Waals surface area contributed by atoms with Gasteiger partial charge in [0.25, 0.3) is 5.69 Å². The smallest absolute Gasteiger partial charge is 0.269 e. The molecule has 0 fully saturated rings. The number of thiophene rings is 1. The molecule has 172 valence electrons. The van der Waals surface area contributed by atoms with Gasteiger partial charge in [-0.15, -0.1) is 23.1 Å². The molecule has 2 atom stereocenters. The van der Waals surface area contributed by atoms with Crippen LogP contribution in [0.2, 0.25) is 0 Å². The lowest BCUT2D eigenvalue weighted by Crippen LogP contribution is -2.43. The van der Waals surface area contributed by atoms with Crippen LogP contribution in [0.5, 0.6) is 11.5 Å². The first-order chi connectivity index (χ1) is 15.9. The SMILES string of the molecule is COc1cc2c(cc1OC)C(c1cccs1)N(C(=O)C(C)Sc1ccc([N+](=O)[O-])cc1)CC2. The van der Waals surface area contributed by atoms with Gasteiger partial charge in [0.1, 0.15) is 0 Å². The van der Waals surface area contributed by atoms with Crippen LogP contribution in [0.1, 0.15) is 29.0 Å². The third kappa shape index (κ3) is 4.69. The van der Waals surface area contributed by atoms with Crippen LogP contribution < -0.4 is 9.47 Å². The standard InChI is InChI=1S/C24H24N2O5S2/c1-15(33-18-8-6-17(7-9-18)26(28)29)24(27)25-11-10-16-13-20(30-2)21(31-3)14-19(16)23(25)22-5-4-12-32-22/h4-9,12-15,23H,10-11H2,1-3H3. The van der Waals surface area contributed by atoms with E-state index in [1.165, 1.54) is 23.9 Å². The number of hydrogen-bond acceptors (Lipinski definition) is 7. The van der Waals surface area contributed by atoms with Crippen molar-refractivity contribution >= 4 is 34.7 Å². The molecule has 0 spiro atoms. The number of nitro groups is 1. The largest absolute Gasteiger partial charge is 0.493 e. The average Bonchev–Trinajstić information content (AvgIpc) is 3.36. The fourth-order valence-electron chi connectivity index (χ4n) is 4.07. The highest BCUT2D eigenvalue weighted by atomic mass is 32.2. The first-order valence-electron chi connectivity index (χ1n) is 10.4. The lowest BCUT2D eigenvalue weighted by molar-refractivity contribution is -0.384. The summed E-state index contributed by atoms with van der Waals surface area (Å²) in [5, 5.41) is 12.6. The van der Waals surface area contributed by atoms with Crippen LogP contribution in [-0.4, -0.2) is 41.7 Å². The molecule has 1 amide bonds. The minimum Gasteiger partial charge on any atom is -0.493 e. The van der Waals surface area contributed by atoms with Gasteiger partial charge in [0.2, 0.25) is 5.91 Å². The average molecular weight is 485 g/mol. The van der Waals surface area contributed by atoms with E-state index in [1.54, 1.807) is 37.7 Å². The van der Waals surface area contributed by atoms with Gasteiger partial charge in [-0.1, -0.05) is 6.07 Å². The number of thioether (sulfide) groups is 1. The van der Waals surface area contributed by atoms with Gasteiger partial charge < -0.3 is 14.4 Å². The second kappa shape index (κ2) is 9.84. The van der Waals surface area contributed by atoms with E-state index in [-0.39, 0.29) is 22.9 Å². The van der Waals surface area contributed by atoms with Crippen LogP contribution >= 0.6 is 23.1 Å². The minimum absolute atomic E-state index is 0.0252. The van der Waals surface area contributed by atoms with Crippen LogP contribution in [0.15, 0.2) is 58.8 Å². The number of rotatable bonds is 7. The number of nitrogens with zero attached hydrogens (tertiary/aromatic N) is 2. The molecule has 0 aliphatic carbocycles. The molecule has 9 heteroatoms. The van der Waals surface area contributed by atoms with Crippen molar-refractivity contribution in [2.24, 2.45) is 0 Å². The van der Waals surface area contributed by atoms with E-state index in [4.69, 9.17) is 9.47 Å². The fourth-order valence-corrected chi connectivity index (χ4v) is 5.86. The third-order valence-electron chi connectivity index (χ3n) is 5.68. The first kappa shape index (κ1) is 23.1. The van der Waals surface area contributed by atoms with Crippen molar-refractivity contribution in [3.63, 3.8) is 0 Å². The fraction of sp³-hybridized carbons (Fsp3) is 0.292. The third-order valence-corrected chi connectivity index (χ3v) is 7.70. The number of amides is 1. The van der Waals surface area contributed by atoms with E-state index < -0.39 is 4.92 Å². The quantitative estimate of drug-likeness (QED) is 0.256. The number of non-ortho nitro benzene ring substituents is 1. The minimum atomic E-state index is -0.427. The summed E-state index contributed by atoms with van der Waals surface area (Å²) in [7, 11) is 3.23. The zero-order valence-corrected chi connectivity index (χ0v) is 20.2. The molecule has 7 nitrogen and oxygen atoms in total. The lowest BCUT2D eigenvalue weighted by atomic mass is 9.90. The number of nitro benzene ring substituents is 1. The van der Waals surface area contributed by atoms with Gasteiger partial charge in [-0.3, -0.25) is 14.9 Å². The molecule has 0 bridgehead atoms. The number of methoxy groups -OCH3 is 2. The predicted molar refractivity (Wildman–Crippen MR) is 130 cm³/mol. The molecule has 4 rings (SSSR count). The molecule has 2 heterocycles. The summed E-state index contributed by atoms with van der Waals surface area (Å²) in [4.78, 5) is 27.9. The Balaban J connectivity index is 1.63. The Morgan fingerprint density at radius 2 is 1.88 bits per heavy atom. The van der Waals surface area contributed by atoms with Gasteiger partial charge in [-0.05, 0) is 60.2 Å². The van der Waals surface area contributed by atoms with Crippen LogP contribution in [0, 0.1) is 10.1 Å². The topological polar surface area (TPSA) is 81.9 Å². The van der Waals surface area contributed by atoms with Crippen LogP contribution in [0.4, 0.5) is 5.69 Å². The maximum atomic E-state index is 13.6. The van der Waals surface area contributed by atoms with Gasteiger partial charge in [0.15, 0.2) is 11.5 Å². The van der Waals surface area contributed by atoms with Gasteiger partial charge in [0, 0.05) is 28.5 Å². The lowest BCUT2D eigenvalue weighted by Gasteiger charge is -2.38. The van der Waals surface area contributed by atoms with Crippen molar-refractivity contribution in [2.45, 2.75) is 29.5 Å². The van der Waals surface area contributed by atoms with Crippen molar-refractivity contribution in [3.8, 4) is 11.5 Å². The Hall–Kier alpha value is -3.04. The van der Waals surface area contributed by atoms with Crippen molar-refractivity contribution in [3.05, 3.63) is 80.0 Å². The molecule has 33 heavy (non-hydrogen) atoms. The molecule has 0 N–H and O–H groups in total. The van der Waals surface area contributed by atoms with E-state index in [1.807, 2.05) is 35.4 Å². The molecule has 1 aliphatic heterocycles. The highest BCUT2D eigenvalue weighted by molar-refractivity contribution is 8.00. The number of hydrogen-bond donors (Lipinski definition) is 0. The number of carbonyl (C=O) groups is 1. The molecule has 1 aliphatic rings. The maximum Gasteiger partial charge on any atom is 0.269 e. The summed E-state index contributed by atoms with van der Waals surface area (Å²) in [5.74, 6) is 1.35. The number of benzene rings is 2. The highest BCUT2D eigenvalue weighted by Gasteiger charge is 2.36. The van der Waals surface area contributed by atoms with Crippen LogP contribution in [-0.2, 0) is 11.2 Å². The predicted octanol–water partition coefficient (Wildman–Crippen LogP) is 5.33. The molecule has 1 aromatic heterocycles. The van der Waals surface area contributed by atoms with Gasteiger partial charge in [-0.25, -0.2) is 0 Å². The van der Waals surface area contributed by atoms with E-state index in [0.29, 0.717) is 18.0 Å². The second-order valence-corrected chi connectivity index (χ2v) is 10.0. The van der Waals surface area contributed by atoms with E-state index >= 15 is 0 Å². The van der Waals surface area contributed by atoms with E-state index in [0.717, 1.165) is 27.3 Å². The van der Waals surface area contributed by atoms with Gasteiger partial charge >= 0.3 is 0 Å². The molecule has 0 saturated heterocycles. The summed E-state index contributed by atoms with van der Waals surface area (Å²) in [6.45, 7) is 2.47. The monoisotopic (exact) mass is 484 g/mol. The number of carbonyl (C=O) groups excluding carboxylic acids is 1. The van der Waals surface area contributed by atoms with Crippen molar-refractivity contribution in [1.29, 1.82) is 0 Å². The maximum absolute atomic E-state index is 13.6. The van der Waals surface area contributed by atoms with Crippen molar-refractivity contribution in [2.75, 3.05) is 20.8 Å². The molecular formula is C24H24N2O5S2. The summed E-state index contributed by atoms with van der Waals surface area (Å²) in [6.07, 6.45) is 0.720. The summed E-state index contributed by atoms with van der Waals surface area (Å²) >= 11 is 3.03. The van der Waals surface area contributed by atoms with E-state index in [2.05, 4.69) is 6.07 Å². The van der Waals surface area contributed by atoms with E-state index in [9.17, 15) is 14.9 Å². The Labute approximate surface area is 200 Å². The second-order valence-electron chi connectivity index (χ2n) is 7.62. The Kier molecular flexibility index (Phi) is 6.90. The number of fused-ring (bicyclic) bond motifs is 1. The zero-order chi connectivity index (χ0) is 23.5. The highest BCUT2D eigenvalue weighted by Crippen LogP contribution is 2.43. The number of ether oxygens (including phenoxy) is 2. The Morgan fingerprint density at radius 3 is 2.48 bits per heavy atom. The van der Waals surface area contributed by atoms with Gasteiger partial charge in [0.05, 0.1) is 30.4 Å². The first-order valence-corrected chi connectivity index (χ1v) is 12.2. The van der Waals surface area contributed by atoms with Crippen LogP contribution in [0.25, 0.3) is 0 Å². The molecule has 3 aromatic rings. The van der Waals surface area contributed by atoms with Crippen LogP contribution in [0.3, 0.4) is 0 Å². The Bertz CT molecular complexity index is 1150. The van der Waals surface area contributed by atoms with Crippen molar-refractivity contribution < 1.29 is 19.2 Å².